The van der Waals surface area contributed by atoms with Gasteiger partial charge < -0.3 is 14.8 Å². The van der Waals surface area contributed by atoms with Crippen molar-refractivity contribution in [1.82, 2.24) is 5.32 Å². The van der Waals surface area contributed by atoms with Crippen LogP contribution in [0.15, 0.2) is 36.4 Å². The molecule has 0 heterocycles. The van der Waals surface area contributed by atoms with E-state index in [0.717, 1.165) is 17.7 Å². The van der Waals surface area contributed by atoms with Crippen molar-refractivity contribution in [2.24, 2.45) is 0 Å². The molecule has 2 aromatic carbocycles. The highest BCUT2D eigenvalue weighted by Crippen LogP contribution is 2.30. The van der Waals surface area contributed by atoms with Gasteiger partial charge in [-0.25, -0.2) is 4.39 Å². The molecule has 3 nitrogen and oxygen atoms in total. The van der Waals surface area contributed by atoms with Crippen LogP contribution in [-0.4, -0.2) is 12.6 Å². The molecule has 0 spiro atoms. The molecule has 0 unspecified atom stereocenters. The molecule has 0 radical (unpaired) electrons. The largest absolute Gasteiger partial charge is 0.490 e. The topological polar surface area (TPSA) is 30.5 Å². The molecule has 0 amide bonds. The van der Waals surface area contributed by atoms with Crippen molar-refractivity contribution in [1.29, 1.82) is 0 Å². The number of ether oxygens (including phenoxy) is 2. The average molecular weight is 352 g/mol. The number of nitrogens with one attached hydrogen (secondary N) is 1. The van der Waals surface area contributed by atoms with Gasteiger partial charge in [0.2, 0.25) is 0 Å². The Balaban J connectivity index is 2.10. The van der Waals surface area contributed by atoms with E-state index in [-0.39, 0.29) is 12.4 Å². The van der Waals surface area contributed by atoms with E-state index in [1.54, 1.807) is 6.07 Å². The molecule has 0 bridgehead atoms. The summed E-state index contributed by atoms with van der Waals surface area (Å²) < 4.78 is 24.6. The first kappa shape index (κ1) is 18.6. The van der Waals surface area contributed by atoms with Gasteiger partial charge in [0, 0.05) is 18.2 Å². The number of hydrogen-bond donors (Lipinski definition) is 1. The van der Waals surface area contributed by atoms with Crippen molar-refractivity contribution in [3.8, 4) is 11.5 Å². The molecule has 2 aromatic rings. The van der Waals surface area contributed by atoms with E-state index in [1.165, 1.54) is 12.1 Å². The van der Waals surface area contributed by atoms with Gasteiger partial charge >= 0.3 is 0 Å². The molecule has 0 aliphatic heterocycles. The first-order valence-electron chi connectivity index (χ1n) is 8.05. The molecule has 1 N–H and O–H groups in total. The summed E-state index contributed by atoms with van der Waals surface area (Å²) in [5, 5.41) is 3.72. The van der Waals surface area contributed by atoms with E-state index in [4.69, 9.17) is 21.1 Å². The highest BCUT2D eigenvalue weighted by atomic mass is 35.5. The summed E-state index contributed by atoms with van der Waals surface area (Å²) in [5.41, 5.74) is 1.85. The van der Waals surface area contributed by atoms with Gasteiger partial charge in [-0.05, 0) is 36.8 Å². The molecule has 0 aliphatic carbocycles. The second-order valence-corrected chi connectivity index (χ2v) is 6.18. The van der Waals surface area contributed by atoms with Crippen LogP contribution in [0, 0.1) is 5.82 Å². The molecule has 2 rings (SSSR count). The third kappa shape index (κ3) is 5.39. The summed E-state index contributed by atoms with van der Waals surface area (Å²) >= 11 is 6.03. The van der Waals surface area contributed by atoms with Crippen LogP contribution in [0.5, 0.6) is 11.5 Å². The Morgan fingerprint density at radius 1 is 1.08 bits per heavy atom. The van der Waals surface area contributed by atoms with Crippen LogP contribution < -0.4 is 14.8 Å². The number of rotatable bonds is 8. The summed E-state index contributed by atoms with van der Waals surface area (Å²) in [6, 6.07) is 10.6. The zero-order chi connectivity index (χ0) is 17.5. The molecule has 0 saturated heterocycles. The van der Waals surface area contributed by atoms with Gasteiger partial charge in [-0.15, -0.1) is 0 Å². The molecule has 24 heavy (non-hydrogen) atoms. The molecule has 5 heteroatoms. The van der Waals surface area contributed by atoms with Crippen LogP contribution in [-0.2, 0) is 13.2 Å². The molecule has 0 aromatic heterocycles. The van der Waals surface area contributed by atoms with E-state index < -0.39 is 0 Å². The second kappa shape index (κ2) is 8.90. The van der Waals surface area contributed by atoms with Crippen LogP contribution in [0.1, 0.15) is 31.9 Å². The Kier molecular flexibility index (Phi) is 6.88. The molecule has 130 valence electrons. The molecule has 0 aliphatic rings. The van der Waals surface area contributed by atoms with Crippen LogP contribution in [0.25, 0.3) is 0 Å². The predicted octanol–water partition coefficient (Wildman–Crippen LogP) is 4.95. The summed E-state index contributed by atoms with van der Waals surface area (Å²) in [4.78, 5) is 0. The monoisotopic (exact) mass is 351 g/mol. The lowest BCUT2D eigenvalue weighted by Crippen LogP contribution is -2.21. The minimum atomic E-state index is -0.360. The maximum absolute atomic E-state index is 13.1. The van der Waals surface area contributed by atoms with Gasteiger partial charge in [0.25, 0.3) is 0 Å². The van der Waals surface area contributed by atoms with Crippen LogP contribution in [0.3, 0.4) is 0 Å². The van der Waals surface area contributed by atoms with Crippen LogP contribution >= 0.6 is 11.6 Å². The van der Waals surface area contributed by atoms with Crippen molar-refractivity contribution in [2.45, 2.75) is 40.0 Å². The first-order chi connectivity index (χ1) is 11.5. The molecular weight excluding hydrogens is 329 g/mol. The third-order valence-electron chi connectivity index (χ3n) is 3.42. The Morgan fingerprint density at radius 3 is 2.54 bits per heavy atom. The summed E-state index contributed by atoms with van der Waals surface area (Å²) in [7, 11) is 0. The smallest absolute Gasteiger partial charge is 0.161 e. The van der Waals surface area contributed by atoms with E-state index in [0.29, 0.717) is 29.2 Å². The van der Waals surface area contributed by atoms with Crippen molar-refractivity contribution in [2.75, 3.05) is 6.61 Å². The first-order valence-corrected chi connectivity index (χ1v) is 8.43. The zero-order valence-electron chi connectivity index (χ0n) is 14.2. The fourth-order valence-electron chi connectivity index (χ4n) is 2.17. The minimum absolute atomic E-state index is 0.253. The van der Waals surface area contributed by atoms with Gasteiger partial charge in [-0.3, -0.25) is 0 Å². The van der Waals surface area contributed by atoms with Crippen molar-refractivity contribution in [3.63, 3.8) is 0 Å². The van der Waals surface area contributed by atoms with Gasteiger partial charge in [-0.1, -0.05) is 37.6 Å². The predicted molar refractivity (Wildman–Crippen MR) is 95.3 cm³/mol. The molecule has 0 fully saturated rings. The van der Waals surface area contributed by atoms with E-state index in [9.17, 15) is 4.39 Å². The van der Waals surface area contributed by atoms with Crippen LogP contribution in [0.4, 0.5) is 4.39 Å². The fraction of sp³-hybridized carbons (Fsp3) is 0.368. The van der Waals surface area contributed by atoms with Gasteiger partial charge in [-0.2, -0.15) is 0 Å². The Morgan fingerprint density at radius 2 is 1.88 bits per heavy atom. The van der Waals surface area contributed by atoms with Gasteiger partial charge in [0.1, 0.15) is 12.4 Å². The number of halogens is 2. The Hall–Kier alpha value is -1.78. The van der Waals surface area contributed by atoms with E-state index >= 15 is 0 Å². The molecule has 0 saturated carbocycles. The third-order valence-corrected chi connectivity index (χ3v) is 3.77. The quantitative estimate of drug-likeness (QED) is 0.729. The summed E-state index contributed by atoms with van der Waals surface area (Å²) in [5.74, 6) is 0.977. The van der Waals surface area contributed by atoms with Gasteiger partial charge in [0.15, 0.2) is 11.5 Å². The van der Waals surface area contributed by atoms with Crippen molar-refractivity contribution < 1.29 is 13.9 Å². The van der Waals surface area contributed by atoms with Crippen molar-refractivity contribution >= 4 is 11.6 Å². The maximum Gasteiger partial charge on any atom is 0.161 e. The standard InChI is InChI=1S/C19H23ClFNO2/c1-4-23-19-9-14(11-22-13(2)3)5-8-18(19)24-12-15-6-7-16(21)10-17(15)20/h5-10,13,22H,4,11-12H2,1-3H3. The highest BCUT2D eigenvalue weighted by Gasteiger charge is 2.09. The SMILES string of the molecule is CCOc1cc(CNC(C)C)ccc1OCc1ccc(F)cc1Cl. The Bertz CT molecular complexity index is 676. The lowest BCUT2D eigenvalue weighted by molar-refractivity contribution is 0.269. The highest BCUT2D eigenvalue weighted by molar-refractivity contribution is 6.31. The summed E-state index contributed by atoms with van der Waals surface area (Å²) in [6.07, 6.45) is 0. The normalized spacial score (nSPS) is 10.9. The fourth-order valence-corrected chi connectivity index (χ4v) is 2.39. The minimum Gasteiger partial charge on any atom is -0.490 e. The Labute approximate surface area is 147 Å². The van der Waals surface area contributed by atoms with Crippen LogP contribution in [0.2, 0.25) is 5.02 Å². The number of hydrogen-bond acceptors (Lipinski definition) is 3. The lowest BCUT2D eigenvalue weighted by Gasteiger charge is -2.15. The maximum atomic E-state index is 13.1. The average Bonchev–Trinajstić information content (AvgIpc) is 2.53. The number of benzene rings is 2. The molecular formula is C19H23ClFNO2. The molecule has 0 atom stereocenters. The zero-order valence-corrected chi connectivity index (χ0v) is 15.0. The van der Waals surface area contributed by atoms with E-state index in [2.05, 4.69) is 19.2 Å². The van der Waals surface area contributed by atoms with E-state index in [1.807, 2.05) is 25.1 Å². The second-order valence-electron chi connectivity index (χ2n) is 5.77. The van der Waals surface area contributed by atoms with Crippen molar-refractivity contribution in [3.05, 3.63) is 58.4 Å². The summed E-state index contributed by atoms with van der Waals surface area (Å²) in [6.45, 7) is 7.71. The lowest BCUT2D eigenvalue weighted by atomic mass is 10.2. The van der Waals surface area contributed by atoms with Gasteiger partial charge in [0.05, 0.1) is 11.6 Å².